The summed E-state index contributed by atoms with van der Waals surface area (Å²) in [6, 6.07) is 42.2. The third-order valence-electron chi connectivity index (χ3n) is 10.3. The van der Waals surface area contributed by atoms with Crippen LogP contribution in [0.2, 0.25) is 0 Å². The summed E-state index contributed by atoms with van der Waals surface area (Å²) >= 11 is 0. The molecule has 11 heteroatoms. The fourth-order valence-corrected chi connectivity index (χ4v) is 7.66. The molecular weight excluding hydrogens is 713 g/mol. The standard InChI is InChI=1S/C46H32N8O3/c1-3-14-30-28(12-1)35-26-36-29-13-2-4-15-31(29)42(49-36)53-46-39-34(45(54-46)52-44-33-17-6-5-16-32(33)43(51-44)50-41(30)48-35)18-8-19-37(39)56-24-22-55-23-25-57-38-20-7-10-27-11-9-21-47-40(27)38/h1-21,26H,22-25H2,(H2,48,49,50,51,52,53,54). The number of nitrogens with one attached hydrogen (secondary N) is 2. The van der Waals surface area contributed by atoms with E-state index >= 15 is 0 Å². The van der Waals surface area contributed by atoms with Gasteiger partial charge in [0.05, 0.1) is 24.5 Å². The normalized spacial score (nSPS) is 11.9. The number of hydrogen-bond acceptors (Lipinski definition) is 9. The third-order valence-corrected chi connectivity index (χ3v) is 10.3. The lowest BCUT2D eigenvalue weighted by Gasteiger charge is -2.11. The molecule has 0 unspecified atom stereocenters. The zero-order chi connectivity index (χ0) is 37.7. The van der Waals surface area contributed by atoms with Crippen LogP contribution < -0.4 is 9.47 Å². The minimum Gasteiger partial charge on any atom is -0.490 e. The van der Waals surface area contributed by atoms with E-state index in [4.69, 9.17) is 39.1 Å². The van der Waals surface area contributed by atoms with Crippen molar-refractivity contribution in [2.45, 2.75) is 0 Å². The van der Waals surface area contributed by atoms with E-state index in [9.17, 15) is 0 Å². The maximum atomic E-state index is 6.41. The molecule has 0 aliphatic carbocycles. The first-order chi connectivity index (χ1) is 28.2. The summed E-state index contributed by atoms with van der Waals surface area (Å²) in [7, 11) is 0. The van der Waals surface area contributed by atoms with Gasteiger partial charge in [0, 0.05) is 55.3 Å². The third kappa shape index (κ3) is 5.80. The van der Waals surface area contributed by atoms with Crippen molar-refractivity contribution in [3.05, 3.63) is 134 Å². The molecule has 0 amide bonds. The van der Waals surface area contributed by atoms with Crippen LogP contribution in [0.4, 0.5) is 0 Å². The van der Waals surface area contributed by atoms with Crippen molar-refractivity contribution in [3.63, 3.8) is 0 Å². The van der Waals surface area contributed by atoms with Crippen LogP contribution in [-0.4, -0.2) is 66.3 Å². The van der Waals surface area contributed by atoms with Gasteiger partial charge in [0.1, 0.15) is 47.2 Å². The van der Waals surface area contributed by atoms with E-state index in [0.717, 1.165) is 71.7 Å². The van der Waals surface area contributed by atoms with Gasteiger partial charge in [-0.2, -0.15) is 0 Å². The van der Waals surface area contributed by atoms with E-state index in [1.165, 1.54) is 0 Å². The van der Waals surface area contributed by atoms with Gasteiger partial charge in [0.25, 0.3) is 0 Å². The Kier molecular flexibility index (Phi) is 7.88. The Labute approximate surface area is 325 Å². The molecule has 11 rings (SSSR count). The van der Waals surface area contributed by atoms with Gasteiger partial charge in [-0.05, 0) is 24.3 Å². The van der Waals surface area contributed by atoms with Crippen LogP contribution in [0.25, 0.3) is 100 Å². The largest absolute Gasteiger partial charge is 0.490 e. The second kappa shape index (κ2) is 13.7. The quantitative estimate of drug-likeness (QED) is 0.146. The minimum atomic E-state index is 0.311. The molecule has 2 aliphatic heterocycles. The number of H-pyrrole nitrogens is 2. The Morgan fingerprint density at radius 1 is 0.456 bits per heavy atom. The Balaban J connectivity index is 0.990. The van der Waals surface area contributed by atoms with Crippen molar-refractivity contribution in [2.24, 2.45) is 0 Å². The lowest BCUT2D eigenvalue weighted by molar-refractivity contribution is 0.0769. The summed E-state index contributed by atoms with van der Waals surface area (Å²) in [4.78, 5) is 37.2. The van der Waals surface area contributed by atoms with E-state index in [1.807, 2.05) is 97.1 Å². The molecule has 0 fully saturated rings. The molecule has 6 heterocycles. The summed E-state index contributed by atoms with van der Waals surface area (Å²) in [6.07, 6.45) is 1.77. The number of aromatic amines is 2. The number of rotatable bonds is 8. The van der Waals surface area contributed by atoms with Crippen molar-refractivity contribution in [1.29, 1.82) is 0 Å². The first-order valence-electron chi connectivity index (χ1n) is 18.8. The molecule has 0 atom stereocenters. The molecule has 8 bridgehead atoms. The Hall–Kier alpha value is -7.50. The highest BCUT2D eigenvalue weighted by molar-refractivity contribution is 6.07. The van der Waals surface area contributed by atoms with Crippen LogP contribution in [0.5, 0.6) is 11.5 Å². The molecule has 2 N–H and O–H groups in total. The minimum absolute atomic E-state index is 0.311. The van der Waals surface area contributed by atoms with E-state index in [-0.39, 0.29) is 0 Å². The number of hydrogen-bond donors (Lipinski definition) is 2. The van der Waals surface area contributed by atoms with Crippen molar-refractivity contribution in [1.82, 2.24) is 39.9 Å². The number of nitrogens with zero attached hydrogens (tertiary/aromatic N) is 6. The maximum absolute atomic E-state index is 6.41. The number of para-hydroxylation sites is 1. The fraction of sp³-hybridized carbons (Fsp3) is 0.0870. The van der Waals surface area contributed by atoms with Crippen LogP contribution in [0.15, 0.2) is 134 Å². The van der Waals surface area contributed by atoms with Crippen LogP contribution >= 0.6 is 0 Å². The van der Waals surface area contributed by atoms with Gasteiger partial charge in [0.2, 0.25) is 0 Å². The molecular formula is C46H32N8O3. The Morgan fingerprint density at radius 3 is 1.86 bits per heavy atom. The Morgan fingerprint density at radius 2 is 1.05 bits per heavy atom. The number of benzene rings is 5. The molecule has 0 radical (unpaired) electrons. The molecule has 0 saturated carbocycles. The van der Waals surface area contributed by atoms with Crippen molar-refractivity contribution in [3.8, 4) is 56.9 Å². The van der Waals surface area contributed by atoms with Gasteiger partial charge in [-0.15, -0.1) is 0 Å². The molecule has 5 aromatic carbocycles. The van der Waals surface area contributed by atoms with Gasteiger partial charge in [-0.25, -0.2) is 24.9 Å². The highest BCUT2D eigenvalue weighted by atomic mass is 16.5. The van der Waals surface area contributed by atoms with Crippen LogP contribution in [-0.2, 0) is 4.74 Å². The summed E-state index contributed by atoms with van der Waals surface area (Å²) < 4.78 is 18.3. The summed E-state index contributed by atoms with van der Waals surface area (Å²) in [6.45, 7) is 1.45. The Bertz CT molecular complexity index is 3200. The highest BCUT2D eigenvalue weighted by Crippen LogP contribution is 2.41. The zero-order valence-electron chi connectivity index (χ0n) is 30.4. The molecule has 9 aromatic rings. The summed E-state index contributed by atoms with van der Waals surface area (Å²) in [5, 5.41) is 4.85. The van der Waals surface area contributed by atoms with E-state index in [0.29, 0.717) is 66.6 Å². The molecule has 0 saturated heterocycles. The molecule has 4 aromatic heterocycles. The highest BCUT2D eigenvalue weighted by Gasteiger charge is 2.25. The van der Waals surface area contributed by atoms with Crippen molar-refractivity contribution < 1.29 is 14.2 Å². The SMILES string of the molecule is c1ccc2c(c1)-c1cc3[nH]c(nc4nc(nc5[nH]c(nc-2n1)c1ccccc51)-c1cccc(OCCOCCOc2cccc5cccnc25)c1-4)c1ccccc31. The van der Waals surface area contributed by atoms with Gasteiger partial charge >= 0.3 is 0 Å². The molecule has 2 aliphatic rings. The van der Waals surface area contributed by atoms with Gasteiger partial charge in [-0.1, -0.05) is 103 Å². The number of pyridine rings is 1. The second-order valence-electron chi connectivity index (χ2n) is 13.7. The number of ether oxygens (including phenoxy) is 3. The average molecular weight is 745 g/mol. The van der Waals surface area contributed by atoms with Gasteiger partial charge < -0.3 is 24.2 Å². The number of aromatic nitrogens is 8. The first-order valence-corrected chi connectivity index (χ1v) is 18.8. The predicted molar refractivity (Wildman–Crippen MR) is 222 cm³/mol. The van der Waals surface area contributed by atoms with Crippen molar-refractivity contribution in [2.75, 3.05) is 26.4 Å². The first kappa shape index (κ1) is 32.9. The molecule has 11 nitrogen and oxygen atoms in total. The second-order valence-corrected chi connectivity index (χ2v) is 13.7. The van der Waals surface area contributed by atoms with E-state index in [1.54, 1.807) is 6.20 Å². The topological polar surface area (TPSA) is 137 Å². The lowest BCUT2D eigenvalue weighted by Crippen LogP contribution is -2.12. The van der Waals surface area contributed by atoms with Gasteiger partial charge in [-0.3, -0.25) is 4.98 Å². The predicted octanol–water partition coefficient (Wildman–Crippen LogP) is 9.50. The molecule has 57 heavy (non-hydrogen) atoms. The van der Waals surface area contributed by atoms with Gasteiger partial charge in [0.15, 0.2) is 17.5 Å². The van der Waals surface area contributed by atoms with Crippen molar-refractivity contribution >= 4 is 54.9 Å². The van der Waals surface area contributed by atoms with E-state index < -0.39 is 0 Å². The smallest absolute Gasteiger partial charge is 0.168 e. The summed E-state index contributed by atoms with van der Waals surface area (Å²) in [5.41, 5.74) is 8.03. The van der Waals surface area contributed by atoms with Crippen LogP contribution in [0.1, 0.15) is 0 Å². The molecule has 0 spiro atoms. The zero-order valence-corrected chi connectivity index (χ0v) is 30.4. The lowest BCUT2D eigenvalue weighted by atomic mass is 10.1. The monoisotopic (exact) mass is 744 g/mol. The van der Waals surface area contributed by atoms with E-state index in [2.05, 4.69) is 45.3 Å². The fourth-order valence-electron chi connectivity index (χ4n) is 7.66. The molecule has 274 valence electrons. The summed E-state index contributed by atoms with van der Waals surface area (Å²) in [5.74, 6) is 2.99. The average Bonchev–Trinajstić information content (AvgIpc) is 3.99. The maximum Gasteiger partial charge on any atom is 0.168 e. The van der Waals surface area contributed by atoms with Crippen LogP contribution in [0.3, 0.4) is 0 Å². The number of fused-ring (bicyclic) bond motifs is 21. The van der Waals surface area contributed by atoms with Crippen LogP contribution in [0, 0.1) is 0 Å².